The summed E-state index contributed by atoms with van der Waals surface area (Å²) in [6, 6.07) is 10.2. The molecule has 1 aromatic carbocycles. The third-order valence-corrected chi connectivity index (χ3v) is 3.99. The fraction of sp³-hybridized carbons (Fsp3) is 0.0909. The molecular weight excluding hydrogens is 308 g/mol. The van der Waals surface area contributed by atoms with Gasteiger partial charge in [0.15, 0.2) is 0 Å². The minimum atomic E-state index is 0.277. The van der Waals surface area contributed by atoms with E-state index in [1.807, 2.05) is 18.2 Å². The van der Waals surface area contributed by atoms with Crippen LogP contribution in [0.3, 0.4) is 0 Å². The van der Waals surface area contributed by atoms with Crippen LogP contribution in [-0.4, -0.2) is 9.97 Å². The first-order valence-electron chi connectivity index (χ1n) is 4.60. The Morgan fingerprint density at radius 2 is 2.00 bits per heavy atom. The lowest BCUT2D eigenvalue weighted by Crippen LogP contribution is -1.88. The van der Waals surface area contributed by atoms with Crippen LogP contribution < -0.4 is 0 Å². The van der Waals surface area contributed by atoms with Gasteiger partial charge in [-0.3, -0.25) is 0 Å². The molecule has 0 atom stereocenters. The van der Waals surface area contributed by atoms with E-state index in [-0.39, 0.29) is 5.28 Å². The summed E-state index contributed by atoms with van der Waals surface area (Å²) in [6.07, 6.45) is 1.67. The van der Waals surface area contributed by atoms with E-state index in [1.54, 1.807) is 18.0 Å². The molecule has 0 saturated heterocycles. The molecule has 82 valence electrons. The van der Waals surface area contributed by atoms with Crippen LogP contribution in [0.25, 0.3) is 0 Å². The molecule has 1 aromatic heterocycles. The maximum Gasteiger partial charge on any atom is 0.223 e. The van der Waals surface area contributed by atoms with Gasteiger partial charge < -0.3 is 0 Å². The Hall–Kier alpha value is -0.580. The van der Waals surface area contributed by atoms with Crippen LogP contribution in [0.5, 0.6) is 0 Å². The number of hydrogen-bond donors (Lipinski definition) is 0. The van der Waals surface area contributed by atoms with E-state index in [0.717, 1.165) is 15.3 Å². The normalized spacial score (nSPS) is 10.4. The molecule has 0 unspecified atom stereocenters. The second-order valence-corrected chi connectivity index (χ2v) is 5.22. The van der Waals surface area contributed by atoms with Gasteiger partial charge >= 0.3 is 0 Å². The van der Waals surface area contributed by atoms with Gasteiger partial charge in [-0.15, -0.1) is 11.8 Å². The lowest BCUT2D eigenvalue weighted by atomic mass is 10.2. The lowest BCUT2D eigenvalue weighted by molar-refractivity contribution is 1.03. The smallest absolute Gasteiger partial charge is 0.223 e. The molecular formula is C11H8BrClN2S. The Morgan fingerprint density at radius 3 is 2.75 bits per heavy atom. The van der Waals surface area contributed by atoms with Crippen molar-refractivity contribution in [2.45, 2.75) is 10.8 Å². The minimum Gasteiger partial charge on any atom is -0.225 e. The fourth-order valence-electron chi connectivity index (χ4n) is 1.16. The number of rotatable bonds is 3. The van der Waals surface area contributed by atoms with E-state index in [2.05, 4.69) is 38.0 Å². The average Bonchev–Trinajstić information content (AvgIpc) is 2.32. The number of thioether (sulfide) groups is 1. The van der Waals surface area contributed by atoms with Crippen LogP contribution in [0, 0.1) is 0 Å². The summed E-state index contributed by atoms with van der Waals surface area (Å²) in [5.41, 5.74) is 1.26. The van der Waals surface area contributed by atoms with E-state index >= 15 is 0 Å². The highest BCUT2D eigenvalue weighted by atomic mass is 79.9. The van der Waals surface area contributed by atoms with E-state index in [9.17, 15) is 0 Å². The first-order chi connectivity index (χ1) is 7.75. The first kappa shape index (κ1) is 11.9. The lowest BCUT2D eigenvalue weighted by Gasteiger charge is -2.03. The molecule has 16 heavy (non-hydrogen) atoms. The van der Waals surface area contributed by atoms with Gasteiger partial charge in [0.25, 0.3) is 0 Å². The number of hydrogen-bond acceptors (Lipinski definition) is 3. The van der Waals surface area contributed by atoms with Crippen LogP contribution in [-0.2, 0) is 5.75 Å². The van der Waals surface area contributed by atoms with Gasteiger partial charge in [0.2, 0.25) is 5.28 Å². The fourth-order valence-corrected chi connectivity index (χ4v) is 2.71. The SMILES string of the molecule is Clc1ncc(Br)c(SCc2ccccc2)n1. The Morgan fingerprint density at radius 1 is 1.25 bits per heavy atom. The summed E-state index contributed by atoms with van der Waals surface area (Å²) in [5, 5.41) is 1.14. The highest BCUT2D eigenvalue weighted by molar-refractivity contribution is 9.10. The van der Waals surface area contributed by atoms with Crippen molar-refractivity contribution >= 4 is 39.3 Å². The molecule has 0 spiro atoms. The molecule has 0 aliphatic carbocycles. The van der Waals surface area contributed by atoms with Gasteiger partial charge in [0.1, 0.15) is 5.03 Å². The first-order valence-corrected chi connectivity index (χ1v) is 6.76. The maximum atomic E-state index is 5.74. The maximum absolute atomic E-state index is 5.74. The highest BCUT2D eigenvalue weighted by Crippen LogP contribution is 2.28. The monoisotopic (exact) mass is 314 g/mol. The Labute approximate surface area is 112 Å². The topological polar surface area (TPSA) is 25.8 Å². The summed E-state index contributed by atoms with van der Waals surface area (Å²) in [4.78, 5) is 8.05. The van der Waals surface area contributed by atoms with Crippen molar-refractivity contribution in [1.82, 2.24) is 9.97 Å². The second kappa shape index (κ2) is 5.66. The van der Waals surface area contributed by atoms with Crippen LogP contribution >= 0.6 is 39.3 Å². The molecule has 2 nitrogen and oxygen atoms in total. The molecule has 0 aliphatic heterocycles. The van der Waals surface area contributed by atoms with E-state index in [1.165, 1.54) is 5.56 Å². The predicted molar refractivity (Wildman–Crippen MR) is 70.7 cm³/mol. The molecule has 5 heteroatoms. The third-order valence-electron chi connectivity index (χ3n) is 1.90. The van der Waals surface area contributed by atoms with E-state index in [4.69, 9.17) is 11.6 Å². The summed E-state index contributed by atoms with van der Waals surface area (Å²) in [6.45, 7) is 0. The van der Waals surface area contributed by atoms with Crippen molar-refractivity contribution in [3.05, 3.63) is 51.8 Å². The summed E-state index contributed by atoms with van der Waals surface area (Å²) < 4.78 is 0.873. The van der Waals surface area contributed by atoms with Crippen molar-refractivity contribution in [2.75, 3.05) is 0 Å². The Bertz CT molecular complexity index is 479. The number of nitrogens with zero attached hydrogens (tertiary/aromatic N) is 2. The zero-order chi connectivity index (χ0) is 11.4. The largest absolute Gasteiger partial charge is 0.225 e. The van der Waals surface area contributed by atoms with Gasteiger partial charge in [-0.2, -0.15) is 0 Å². The van der Waals surface area contributed by atoms with Crippen molar-refractivity contribution in [3.8, 4) is 0 Å². The summed E-state index contributed by atoms with van der Waals surface area (Å²) in [7, 11) is 0. The van der Waals surface area contributed by atoms with Crippen LogP contribution in [0.15, 0.2) is 46.0 Å². The molecule has 0 N–H and O–H groups in total. The van der Waals surface area contributed by atoms with Crippen molar-refractivity contribution < 1.29 is 0 Å². The minimum absolute atomic E-state index is 0.277. The van der Waals surface area contributed by atoms with Crippen LogP contribution in [0.1, 0.15) is 5.56 Å². The highest BCUT2D eigenvalue weighted by Gasteiger charge is 2.04. The molecule has 0 aliphatic rings. The molecule has 2 aromatic rings. The van der Waals surface area contributed by atoms with Gasteiger partial charge in [-0.25, -0.2) is 9.97 Å². The average molecular weight is 316 g/mol. The predicted octanol–water partition coefficient (Wildman–Crippen LogP) is 4.18. The molecule has 1 heterocycles. The number of halogens is 2. The zero-order valence-electron chi connectivity index (χ0n) is 8.23. The van der Waals surface area contributed by atoms with Gasteiger partial charge in [0.05, 0.1) is 4.47 Å². The number of aromatic nitrogens is 2. The quantitative estimate of drug-likeness (QED) is 0.482. The molecule has 0 fully saturated rings. The standard InChI is InChI=1S/C11H8BrClN2S/c12-9-6-14-11(13)15-10(9)16-7-8-4-2-1-3-5-8/h1-6H,7H2. The molecule has 0 saturated carbocycles. The van der Waals surface area contributed by atoms with E-state index < -0.39 is 0 Å². The summed E-state index contributed by atoms with van der Waals surface area (Å²) in [5.74, 6) is 0.868. The number of benzene rings is 1. The Kier molecular flexibility index (Phi) is 4.21. The van der Waals surface area contributed by atoms with E-state index in [0.29, 0.717) is 0 Å². The second-order valence-electron chi connectivity index (χ2n) is 3.07. The molecule has 2 rings (SSSR count). The Balaban J connectivity index is 2.08. The van der Waals surface area contributed by atoms with Crippen molar-refractivity contribution in [3.63, 3.8) is 0 Å². The van der Waals surface area contributed by atoms with Crippen molar-refractivity contribution in [1.29, 1.82) is 0 Å². The summed E-state index contributed by atoms with van der Waals surface area (Å²) >= 11 is 10.8. The molecule has 0 radical (unpaired) electrons. The molecule has 0 bridgehead atoms. The van der Waals surface area contributed by atoms with Gasteiger partial charge in [-0.1, -0.05) is 30.3 Å². The van der Waals surface area contributed by atoms with Gasteiger partial charge in [-0.05, 0) is 33.1 Å². The van der Waals surface area contributed by atoms with Crippen LogP contribution in [0.4, 0.5) is 0 Å². The van der Waals surface area contributed by atoms with Crippen LogP contribution in [0.2, 0.25) is 5.28 Å². The molecule has 0 amide bonds. The van der Waals surface area contributed by atoms with Gasteiger partial charge in [0, 0.05) is 11.9 Å². The zero-order valence-corrected chi connectivity index (χ0v) is 11.4. The third kappa shape index (κ3) is 3.20. The van der Waals surface area contributed by atoms with Crippen molar-refractivity contribution in [2.24, 2.45) is 0 Å².